The Morgan fingerprint density at radius 2 is 2.04 bits per heavy atom. The van der Waals surface area contributed by atoms with E-state index in [0.29, 0.717) is 24.4 Å². The van der Waals surface area contributed by atoms with Crippen molar-refractivity contribution in [1.82, 2.24) is 10.3 Å². The SMILES string of the molecule is O=C(CC1CCC(=O)N1)Nc1ncc(Cc2ccc(C(F)(F)F)cc2)s1. The van der Waals surface area contributed by atoms with Crippen LogP contribution >= 0.6 is 11.3 Å². The largest absolute Gasteiger partial charge is 0.416 e. The van der Waals surface area contributed by atoms with Crippen molar-refractivity contribution in [3.63, 3.8) is 0 Å². The number of alkyl halides is 3. The van der Waals surface area contributed by atoms with Crippen molar-refractivity contribution < 1.29 is 22.8 Å². The first-order valence-corrected chi connectivity index (χ1v) is 8.81. The molecule has 2 N–H and O–H groups in total. The van der Waals surface area contributed by atoms with Gasteiger partial charge in [0.05, 0.1) is 5.56 Å². The number of thiazole rings is 1. The number of aromatic nitrogens is 1. The number of benzene rings is 1. The Hall–Kier alpha value is -2.42. The summed E-state index contributed by atoms with van der Waals surface area (Å²) in [4.78, 5) is 28.0. The Morgan fingerprint density at radius 3 is 2.65 bits per heavy atom. The number of rotatable bonds is 5. The molecule has 0 bridgehead atoms. The Bertz CT molecular complexity index is 802. The van der Waals surface area contributed by atoms with Crippen LogP contribution < -0.4 is 10.6 Å². The second-order valence-electron chi connectivity index (χ2n) is 6.06. The number of carbonyl (C=O) groups excluding carboxylic acids is 2. The molecule has 1 aromatic heterocycles. The van der Waals surface area contributed by atoms with Gasteiger partial charge in [-0.2, -0.15) is 13.2 Å². The van der Waals surface area contributed by atoms with Gasteiger partial charge in [0.25, 0.3) is 0 Å². The molecule has 1 saturated heterocycles. The van der Waals surface area contributed by atoms with Crippen molar-refractivity contribution in [2.24, 2.45) is 0 Å². The Kier molecular flexibility index (Phi) is 5.26. The van der Waals surface area contributed by atoms with Crippen LogP contribution in [0.5, 0.6) is 0 Å². The molecule has 2 amide bonds. The van der Waals surface area contributed by atoms with E-state index in [1.54, 1.807) is 6.20 Å². The summed E-state index contributed by atoms with van der Waals surface area (Å²) >= 11 is 1.27. The van der Waals surface area contributed by atoms with Gasteiger partial charge in [0.2, 0.25) is 11.8 Å². The maximum Gasteiger partial charge on any atom is 0.416 e. The van der Waals surface area contributed by atoms with Crippen LogP contribution in [0.2, 0.25) is 0 Å². The monoisotopic (exact) mass is 383 g/mol. The van der Waals surface area contributed by atoms with Crippen molar-refractivity contribution in [2.75, 3.05) is 5.32 Å². The molecule has 0 spiro atoms. The van der Waals surface area contributed by atoms with E-state index in [4.69, 9.17) is 0 Å². The fraction of sp³-hybridized carbons (Fsp3) is 0.353. The second kappa shape index (κ2) is 7.45. The predicted octanol–water partition coefficient (Wildman–Crippen LogP) is 3.36. The molecule has 2 aromatic rings. The summed E-state index contributed by atoms with van der Waals surface area (Å²) in [5, 5.41) is 5.85. The van der Waals surface area contributed by atoms with E-state index < -0.39 is 11.7 Å². The molecule has 3 rings (SSSR count). The summed E-state index contributed by atoms with van der Waals surface area (Å²) < 4.78 is 37.7. The van der Waals surface area contributed by atoms with Crippen LogP contribution in [-0.2, 0) is 22.2 Å². The summed E-state index contributed by atoms with van der Waals surface area (Å²) in [5.41, 5.74) is 0.0469. The average molecular weight is 383 g/mol. The number of amides is 2. The molecular formula is C17H16F3N3O2S. The van der Waals surface area contributed by atoms with Crippen molar-refractivity contribution in [2.45, 2.75) is 37.9 Å². The Labute approximate surface area is 151 Å². The number of carbonyl (C=O) groups is 2. The van der Waals surface area contributed by atoms with Crippen LogP contribution in [0.3, 0.4) is 0 Å². The zero-order valence-corrected chi connectivity index (χ0v) is 14.4. The van der Waals surface area contributed by atoms with Gasteiger partial charge in [-0.25, -0.2) is 4.98 Å². The van der Waals surface area contributed by atoms with E-state index in [1.165, 1.54) is 23.5 Å². The van der Waals surface area contributed by atoms with Crippen LogP contribution in [0.25, 0.3) is 0 Å². The van der Waals surface area contributed by atoms with Crippen LogP contribution in [0.1, 0.15) is 35.3 Å². The predicted molar refractivity (Wildman–Crippen MR) is 90.8 cm³/mol. The minimum Gasteiger partial charge on any atom is -0.353 e. The van der Waals surface area contributed by atoms with E-state index in [1.807, 2.05) is 0 Å². The van der Waals surface area contributed by atoms with Gasteiger partial charge in [-0.15, -0.1) is 11.3 Å². The van der Waals surface area contributed by atoms with Gasteiger partial charge in [-0.05, 0) is 24.1 Å². The lowest BCUT2D eigenvalue weighted by Gasteiger charge is -2.08. The van der Waals surface area contributed by atoms with E-state index in [2.05, 4.69) is 15.6 Å². The van der Waals surface area contributed by atoms with Gasteiger partial charge in [-0.3, -0.25) is 9.59 Å². The number of anilines is 1. The molecule has 5 nitrogen and oxygen atoms in total. The quantitative estimate of drug-likeness (QED) is 0.832. The third-order valence-corrected chi connectivity index (χ3v) is 4.89. The summed E-state index contributed by atoms with van der Waals surface area (Å²) in [6.45, 7) is 0. The topological polar surface area (TPSA) is 71.1 Å². The molecule has 1 aliphatic heterocycles. The highest BCUT2D eigenvalue weighted by Crippen LogP contribution is 2.30. The van der Waals surface area contributed by atoms with E-state index >= 15 is 0 Å². The highest BCUT2D eigenvalue weighted by atomic mass is 32.1. The first-order chi connectivity index (χ1) is 12.3. The molecule has 0 aliphatic carbocycles. The third kappa shape index (κ3) is 4.81. The fourth-order valence-corrected chi connectivity index (χ4v) is 3.55. The lowest BCUT2D eigenvalue weighted by molar-refractivity contribution is -0.137. The third-order valence-electron chi connectivity index (χ3n) is 3.98. The van der Waals surface area contributed by atoms with Crippen molar-refractivity contribution >= 4 is 28.3 Å². The Morgan fingerprint density at radius 1 is 1.31 bits per heavy atom. The van der Waals surface area contributed by atoms with Gasteiger partial charge in [-0.1, -0.05) is 12.1 Å². The zero-order valence-electron chi connectivity index (χ0n) is 13.6. The van der Waals surface area contributed by atoms with Crippen molar-refractivity contribution in [1.29, 1.82) is 0 Å². The average Bonchev–Trinajstić information content (AvgIpc) is 3.16. The molecule has 138 valence electrons. The summed E-state index contributed by atoms with van der Waals surface area (Å²) in [7, 11) is 0. The number of hydrogen-bond acceptors (Lipinski definition) is 4. The molecule has 0 saturated carbocycles. The van der Waals surface area contributed by atoms with E-state index in [9.17, 15) is 22.8 Å². The summed E-state index contributed by atoms with van der Waals surface area (Å²) in [6, 6.07) is 4.82. The van der Waals surface area contributed by atoms with Gasteiger partial charge < -0.3 is 10.6 Å². The number of nitrogens with one attached hydrogen (secondary N) is 2. The van der Waals surface area contributed by atoms with Crippen molar-refractivity contribution in [3.05, 3.63) is 46.5 Å². The number of hydrogen-bond donors (Lipinski definition) is 2. The molecule has 1 aromatic carbocycles. The summed E-state index contributed by atoms with van der Waals surface area (Å²) in [5.74, 6) is -0.275. The second-order valence-corrected chi connectivity index (χ2v) is 7.17. The Balaban J connectivity index is 1.54. The smallest absolute Gasteiger partial charge is 0.353 e. The van der Waals surface area contributed by atoms with Gasteiger partial charge >= 0.3 is 6.18 Å². The normalized spacial score (nSPS) is 17.2. The van der Waals surface area contributed by atoms with Crippen molar-refractivity contribution in [3.8, 4) is 0 Å². The first kappa shape index (κ1) is 18.4. The lowest BCUT2D eigenvalue weighted by atomic mass is 10.1. The van der Waals surface area contributed by atoms with Gasteiger partial charge in [0.1, 0.15) is 0 Å². The minimum absolute atomic E-state index is 0.0455. The van der Waals surface area contributed by atoms with Gasteiger partial charge in [0.15, 0.2) is 5.13 Å². The fourth-order valence-electron chi connectivity index (χ4n) is 2.68. The number of halogens is 3. The molecule has 1 aliphatic rings. The maximum absolute atomic E-state index is 12.6. The van der Waals surface area contributed by atoms with E-state index in [0.717, 1.165) is 22.6 Å². The van der Waals surface area contributed by atoms with Crippen LogP contribution in [-0.4, -0.2) is 22.8 Å². The molecule has 0 radical (unpaired) electrons. The molecule has 2 heterocycles. The zero-order chi connectivity index (χ0) is 18.7. The van der Waals surface area contributed by atoms with E-state index in [-0.39, 0.29) is 24.3 Å². The maximum atomic E-state index is 12.6. The molecule has 1 fully saturated rings. The minimum atomic E-state index is -4.35. The summed E-state index contributed by atoms with van der Waals surface area (Å²) in [6.07, 6.45) is -1.05. The standard InChI is InChI=1S/C17H16F3N3O2S/c18-17(19,20)11-3-1-10(2-4-11)7-13-9-21-16(26-13)23-15(25)8-12-5-6-14(24)22-12/h1-4,9,12H,5-8H2,(H,22,24)(H,21,23,25). The van der Waals surface area contributed by atoms with Crippen LogP contribution in [0.4, 0.5) is 18.3 Å². The molecule has 1 atom stereocenters. The highest BCUT2D eigenvalue weighted by molar-refractivity contribution is 7.15. The molecule has 1 unspecified atom stereocenters. The molecular weight excluding hydrogens is 367 g/mol. The lowest BCUT2D eigenvalue weighted by Crippen LogP contribution is -2.29. The first-order valence-electron chi connectivity index (χ1n) is 7.99. The van der Waals surface area contributed by atoms with Crippen LogP contribution in [0, 0.1) is 0 Å². The van der Waals surface area contributed by atoms with Gasteiger partial charge in [0, 0.05) is 36.4 Å². The number of nitrogens with zero attached hydrogens (tertiary/aromatic N) is 1. The van der Waals surface area contributed by atoms with Crippen LogP contribution in [0.15, 0.2) is 30.5 Å². The highest BCUT2D eigenvalue weighted by Gasteiger charge is 2.30. The molecule has 9 heteroatoms. The molecule has 26 heavy (non-hydrogen) atoms.